The average molecular weight is 232 g/mol. The third kappa shape index (κ3) is 2.88. The predicted octanol–water partition coefficient (Wildman–Crippen LogP) is 2.52. The van der Waals surface area contributed by atoms with E-state index < -0.39 is 0 Å². The lowest BCUT2D eigenvalue weighted by Gasteiger charge is -2.36. The minimum atomic E-state index is 0.616. The summed E-state index contributed by atoms with van der Waals surface area (Å²) >= 11 is 0. The molecule has 17 heavy (non-hydrogen) atoms. The molecule has 1 fully saturated rings. The molecule has 1 aliphatic rings. The van der Waals surface area contributed by atoms with Crippen LogP contribution in [0, 0.1) is 6.92 Å². The van der Waals surface area contributed by atoms with Crippen molar-refractivity contribution in [2.45, 2.75) is 39.3 Å². The van der Waals surface area contributed by atoms with Gasteiger partial charge in [0.2, 0.25) is 0 Å². The van der Waals surface area contributed by atoms with Crippen LogP contribution in [0.5, 0.6) is 0 Å². The van der Waals surface area contributed by atoms with E-state index in [4.69, 9.17) is 0 Å². The van der Waals surface area contributed by atoms with Crippen LogP contribution < -0.4 is 5.32 Å². The zero-order valence-electron chi connectivity index (χ0n) is 11.5. The first kappa shape index (κ1) is 12.6. The molecule has 1 heterocycles. The molecule has 0 aliphatic carbocycles. The predicted molar refractivity (Wildman–Crippen MR) is 73.4 cm³/mol. The van der Waals surface area contributed by atoms with Crippen LogP contribution in [0.1, 0.15) is 36.5 Å². The zero-order valence-corrected chi connectivity index (χ0v) is 11.5. The molecule has 0 bridgehead atoms. The summed E-state index contributed by atoms with van der Waals surface area (Å²) < 4.78 is 0. The second-order valence-electron chi connectivity index (χ2n) is 5.57. The fourth-order valence-corrected chi connectivity index (χ4v) is 2.20. The highest BCUT2D eigenvalue weighted by atomic mass is 15.2. The van der Waals surface area contributed by atoms with Crippen molar-refractivity contribution in [3.63, 3.8) is 0 Å². The number of rotatable bonds is 4. The molecule has 0 saturated carbocycles. The van der Waals surface area contributed by atoms with Gasteiger partial charge in [-0.05, 0) is 36.6 Å². The fraction of sp³-hybridized carbons (Fsp3) is 0.600. The number of benzene rings is 1. The van der Waals surface area contributed by atoms with Crippen molar-refractivity contribution in [2.24, 2.45) is 0 Å². The van der Waals surface area contributed by atoms with E-state index in [1.165, 1.54) is 16.7 Å². The molecule has 1 aromatic carbocycles. The van der Waals surface area contributed by atoms with Crippen LogP contribution in [0.2, 0.25) is 0 Å². The highest BCUT2D eigenvalue weighted by Gasteiger charge is 2.21. The van der Waals surface area contributed by atoms with E-state index in [2.05, 4.69) is 56.2 Å². The second-order valence-corrected chi connectivity index (χ2v) is 5.57. The van der Waals surface area contributed by atoms with Crippen LogP contribution in [-0.2, 0) is 6.54 Å². The summed E-state index contributed by atoms with van der Waals surface area (Å²) in [4.78, 5) is 2.46. The largest absolute Gasteiger partial charge is 0.314 e. The van der Waals surface area contributed by atoms with E-state index in [0.29, 0.717) is 5.92 Å². The summed E-state index contributed by atoms with van der Waals surface area (Å²) in [7, 11) is 2.23. The Morgan fingerprint density at radius 3 is 2.59 bits per heavy atom. The van der Waals surface area contributed by atoms with E-state index in [9.17, 15) is 0 Å². The first-order chi connectivity index (χ1) is 8.08. The van der Waals surface area contributed by atoms with Gasteiger partial charge in [-0.15, -0.1) is 0 Å². The van der Waals surface area contributed by atoms with Crippen molar-refractivity contribution >= 4 is 0 Å². The normalized spacial score (nSPS) is 16.6. The van der Waals surface area contributed by atoms with Crippen molar-refractivity contribution in [2.75, 3.05) is 20.1 Å². The van der Waals surface area contributed by atoms with Gasteiger partial charge in [0.15, 0.2) is 0 Å². The summed E-state index contributed by atoms with van der Waals surface area (Å²) in [6.07, 6.45) is 0. The SMILES string of the molecule is Cc1ccc(C(C)C)cc1CN(C)C1CNC1. The van der Waals surface area contributed by atoms with E-state index >= 15 is 0 Å². The molecule has 0 radical (unpaired) electrons. The Hall–Kier alpha value is -0.860. The van der Waals surface area contributed by atoms with Gasteiger partial charge in [-0.2, -0.15) is 0 Å². The van der Waals surface area contributed by atoms with E-state index in [1.54, 1.807) is 0 Å². The molecule has 2 nitrogen and oxygen atoms in total. The van der Waals surface area contributed by atoms with Crippen LogP contribution in [0.4, 0.5) is 0 Å². The third-order valence-electron chi connectivity index (χ3n) is 3.84. The second kappa shape index (κ2) is 5.19. The van der Waals surface area contributed by atoms with E-state index in [0.717, 1.165) is 25.7 Å². The van der Waals surface area contributed by atoms with Crippen LogP contribution in [-0.4, -0.2) is 31.1 Å². The number of nitrogens with zero attached hydrogens (tertiary/aromatic N) is 1. The molecule has 1 aromatic rings. The Morgan fingerprint density at radius 1 is 1.35 bits per heavy atom. The van der Waals surface area contributed by atoms with Crippen LogP contribution >= 0.6 is 0 Å². The minimum absolute atomic E-state index is 0.616. The standard InChI is InChI=1S/C15H24N2/c1-11(2)13-6-5-12(3)14(7-13)10-17(4)15-8-16-9-15/h5-7,11,15-16H,8-10H2,1-4H3. The lowest BCUT2D eigenvalue weighted by atomic mass is 9.97. The number of hydrogen-bond acceptors (Lipinski definition) is 2. The van der Waals surface area contributed by atoms with Gasteiger partial charge in [0.1, 0.15) is 0 Å². The average Bonchev–Trinajstić information content (AvgIpc) is 2.18. The molecule has 1 saturated heterocycles. The molecule has 1 N–H and O–H groups in total. The first-order valence-corrected chi connectivity index (χ1v) is 6.58. The summed E-state index contributed by atoms with van der Waals surface area (Å²) in [5, 5.41) is 3.33. The quantitative estimate of drug-likeness (QED) is 0.858. The van der Waals surface area contributed by atoms with Gasteiger partial charge in [0, 0.05) is 25.7 Å². The summed E-state index contributed by atoms with van der Waals surface area (Å²) in [6, 6.07) is 7.62. The molecule has 94 valence electrons. The molecule has 0 unspecified atom stereocenters. The molecule has 0 atom stereocenters. The minimum Gasteiger partial charge on any atom is -0.314 e. The number of likely N-dealkylation sites (N-methyl/N-ethyl adjacent to an activating group) is 1. The Balaban J connectivity index is 2.10. The van der Waals surface area contributed by atoms with Gasteiger partial charge in [0.25, 0.3) is 0 Å². The maximum Gasteiger partial charge on any atom is 0.0345 e. The highest BCUT2D eigenvalue weighted by molar-refractivity contribution is 5.32. The van der Waals surface area contributed by atoms with Gasteiger partial charge < -0.3 is 5.32 Å². The Labute approximate surface area is 105 Å². The van der Waals surface area contributed by atoms with E-state index in [1.807, 2.05) is 0 Å². The molecule has 2 rings (SSSR count). The molecule has 0 spiro atoms. The van der Waals surface area contributed by atoms with Crippen LogP contribution in [0.15, 0.2) is 18.2 Å². The third-order valence-corrected chi connectivity index (χ3v) is 3.84. The summed E-state index contributed by atoms with van der Waals surface area (Å²) in [6.45, 7) is 10.1. The maximum atomic E-state index is 3.33. The zero-order chi connectivity index (χ0) is 12.4. The van der Waals surface area contributed by atoms with Gasteiger partial charge >= 0.3 is 0 Å². The molecular formula is C15H24N2. The maximum absolute atomic E-state index is 3.33. The molecule has 1 aliphatic heterocycles. The van der Waals surface area contributed by atoms with Crippen molar-refractivity contribution < 1.29 is 0 Å². The van der Waals surface area contributed by atoms with Gasteiger partial charge in [-0.25, -0.2) is 0 Å². The van der Waals surface area contributed by atoms with Gasteiger partial charge in [-0.1, -0.05) is 32.0 Å². The fourth-order valence-electron chi connectivity index (χ4n) is 2.20. The monoisotopic (exact) mass is 232 g/mol. The van der Waals surface area contributed by atoms with E-state index in [-0.39, 0.29) is 0 Å². The van der Waals surface area contributed by atoms with Crippen molar-refractivity contribution in [3.8, 4) is 0 Å². The van der Waals surface area contributed by atoms with Gasteiger partial charge in [0.05, 0.1) is 0 Å². The molecule has 0 aromatic heterocycles. The van der Waals surface area contributed by atoms with Crippen molar-refractivity contribution in [3.05, 3.63) is 34.9 Å². The lowest BCUT2D eigenvalue weighted by molar-refractivity contribution is 0.173. The Kier molecular flexibility index (Phi) is 3.85. The smallest absolute Gasteiger partial charge is 0.0345 e. The number of nitrogens with one attached hydrogen (secondary N) is 1. The van der Waals surface area contributed by atoms with Crippen LogP contribution in [0.3, 0.4) is 0 Å². The topological polar surface area (TPSA) is 15.3 Å². The molecule has 0 amide bonds. The number of hydrogen-bond donors (Lipinski definition) is 1. The Morgan fingerprint density at radius 2 is 2.06 bits per heavy atom. The van der Waals surface area contributed by atoms with Crippen molar-refractivity contribution in [1.29, 1.82) is 0 Å². The molecular weight excluding hydrogens is 208 g/mol. The summed E-state index contributed by atoms with van der Waals surface area (Å²) in [5.74, 6) is 0.616. The van der Waals surface area contributed by atoms with Gasteiger partial charge in [-0.3, -0.25) is 4.90 Å². The lowest BCUT2D eigenvalue weighted by Crippen LogP contribution is -2.55. The molecule has 2 heteroatoms. The number of aryl methyl sites for hydroxylation is 1. The summed E-state index contributed by atoms with van der Waals surface area (Å²) in [5.41, 5.74) is 4.34. The van der Waals surface area contributed by atoms with Crippen molar-refractivity contribution in [1.82, 2.24) is 10.2 Å². The Bertz CT molecular complexity index is 381. The van der Waals surface area contributed by atoms with Crippen LogP contribution in [0.25, 0.3) is 0 Å². The first-order valence-electron chi connectivity index (χ1n) is 6.58. The highest BCUT2D eigenvalue weighted by Crippen LogP contribution is 2.20.